The summed E-state index contributed by atoms with van der Waals surface area (Å²) in [5, 5.41) is 11.4. The Hall–Kier alpha value is -0.910. The minimum absolute atomic E-state index is 0.251. The smallest absolute Gasteiger partial charge is 0.156 e. The van der Waals surface area contributed by atoms with E-state index < -0.39 is 5.82 Å². The molecule has 100 valence electrons. The number of hydrogen-bond donors (Lipinski definition) is 1. The normalized spacial score (nSPS) is 10.6. The molecule has 1 N–H and O–H groups in total. The molecule has 0 fully saturated rings. The van der Waals surface area contributed by atoms with Crippen LogP contribution in [0.4, 0.5) is 15.9 Å². The zero-order valence-corrected chi connectivity index (χ0v) is 13.2. The van der Waals surface area contributed by atoms with Crippen LogP contribution in [0.3, 0.4) is 0 Å². The van der Waals surface area contributed by atoms with Gasteiger partial charge in [0.2, 0.25) is 0 Å². The van der Waals surface area contributed by atoms with E-state index in [1.54, 1.807) is 0 Å². The highest BCUT2D eigenvalue weighted by Crippen LogP contribution is 2.34. The molecule has 7 heteroatoms. The third kappa shape index (κ3) is 2.99. The molecule has 2 rings (SSSR count). The van der Waals surface area contributed by atoms with Gasteiger partial charge in [0.05, 0.1) is 10.7 Å². The van der Waals surface area contributed by atoms with Gasteiger partial charge in [0, 0.05) is 4.47 Å². The van der Waals surface area contributed by atoms with E-state index in [2.05, 4.69) is 31.4 Å². The fourth-order valence-electron chi connectivity index (χ4n) is 1.47. The lowest BCUT2D eigenvalue weighted by Gasteiger charge is -2.13. The molecule has 2 aromatic rings. The van der Waals surface area contributed by atoms with Gasteiger partial charge in [-0.2, -0.15) is 0 Å². The molecule has 0 saturated carbocycles. The summed E-state index contributed by atoms with van der Waals surface area (Å²) in [5.41, 5.74) is 2.21. The van der Waals surface area contributed by atoms with E-state index in [4.69, 9.17) is 23.2 Å². The van der Waals surface area contributed by atoms with E-state index in [0.717, 1.165) is 11.1 Å². The second-order valence-electron chi connectivity index (χ2n) is 3.96. The van der Waals surface area contributed by atoms with Crippen LogP contribution in [0.1, 0.15) is 11.1 Å². The molecular formula is C12H9BrCl2FN3. The van der Waals surface area contributed by atoms with Crippen LogP contribution >= 0.6 is 39.1 Å². The molecule has 0 spiro atoms. The maximum Gasteiger partial charge on any atom is 0.156 e. The number of benzene rings is 1. The molecule has 0 unspecified atom stereocenters. The molecule has 1 aromatic carbocycles. The summed E-state index contributed by atoms with van der Waals surface area (Å²) < 4.78 is 13.7. The van der Waals surface area contributed by atoms with Crippen molar-refractivity contribution >= 4 is 50.6 Å². The largest absolute Gasteiger partial charge is 0.336 e. The van der Waals surface area contributed by atoms with Crippen molar-refractivity contribution in [2.45, 2.75) is 13.8 Å². The summed E-state index contributed by atoms with van der Waals surface area (Å²) in [5.74, 6) is 0.105. The fourth-order valence-corrected chi connectivity index (χ4v) is 2.55. The number of hydrogen-bond acceptors (Lipinski definition) is 3. The van der Waals surface area contributed by atoms with E-state index in [0.29, 0.717) is 21.1 Å². The Kier molecular flexibility index (Phi) is 4.28. The van der Waals surface area contributed by atoms with Crippen LogP contribution in [0.5, 0.6) is 0 Å². The third-order valence-electron chi connectivity index (χ3n) is 2.72. The topological polar surface area (TPSA) is 37.8 Å². The molecule has 0 bridgehead atoms. The van der Waals surface area contributed by atoms with Crippen molar-refractivity contribution < 1.29 is 4.39 Å². The molecule has 19 heavy (non-hydrogen) atoms. The lowest BCUT2D eigenvalue weighted by Crippen LogP contribution is -2.02. The summed E-state index contributed by atoms with van der Waals surface area (Å²) in [6.45, 7) is 3.71. The first kappa shape index (κ1) is 14.5. The van der Waals surface area contributed by atoms with Crippen molar-refractivity contribution in [3.8, 4) is 0 Å². The van der Waals surface area contributed by atoms with E-state index in [1.807, 2.05) is 13.8 Å². The fraction of sp³-hybridized carbons (Fsp3) is 0.167. The van der Waals surface area contributed by atoms with Crippen LogP contribution in [-0.4, -0.2) is 10.2 Å². The van der Waals surface area contributed by atoms with Crippen molar-refractivity contribution in [3.05, 3.63) is 43.7 Å². The Bertz CT molecular complexity index is 626. The summed E-state index contributed by atoms with van der Waals surface area (Å²) in [6, 6.07) is 2.54. The maximum atomic E-state index is 13.2. The molecule has 0 amide bonds. The minimum atomic E-state index is -0.419. The summed E-state index contributed by atoms with van der Waals surface area (Å²) in [7, 11) is 0. The SMILES string of the molecule is Cc1c(Cl)nnc(Nc2c(Cl)cc(F)cc2Br)c1C. The number of aromatic nitrogens is 2. The maximum absolute atomic E-state index is 13.2. The van der Waals surface area contributed by atoms with Gasteiger partial charge < -0.3 is 5.32 Å². The van der Waals surface area contributed by atoms with Crippen LogP contribution in [0.2, 0.25) is 10.2 Å². The number of nitrogens with zero attached hydrogens (tertiary/aromatic N) is 2. The van der Waals surface area contributed by atoms with Gasteiger partial charge in [-0.25, -0.2) is 4.39 Å². The van der Waals surface area contributed by atoms with Crippen LogP contribution in [-0.2, 0) is 0 Å². The van der Waals surface area contributed by atoms with Gasteiger partial charge in [-0.05, 0) is 53.0 Å². The van der Waals surface area contributed by atoms with E-state index in [-0.39, 0.29) is 5.02 Å². The molecule has 0 atom stereocenters. The Balaban J connectivity index is 2.45. The van der Waals surface area contributed by atoms with Crippen molar-refractivity contribution in [1.29, 1.82) is 0 Å². The van der Waals surface area contributed by atoms with Gasteiger partial charge in [0.25, 0.3) is 0 Å². The first-order valence-corrected chi connectivity index (χ1v) is 6.86. The second-order valence-corrected chi connectivity index (χ2v) is 5.58. The van der Waals surface area contributed by atoms with Crippen LogP contribution in [0.15, 0.2) is 16.6 Å². The highest BCUT2D eigenvalue weighted by molar-refractivity contribution is 9.10. The van der Waals surface area contributed by atoms with Gasteiger partial charge in [0.1, 0.15) is 5.82 Å². The summed E-state index contributed by atoms with van der Waals surface area (Å²) in [4.78, 5) is 0. The van der Waals surface area contributed by atoms with Crippen molar-refractivity contribution in [2.24, 2.45) is 0 Å². The van der Waals surface area contributed by atoms with Gasteiger partial charge in [-0.15, -0.1) is 10.2 Å². The van der Waals surface area contributed by atoms with E-state index in [9.17, 15) is 4.39 Å². The molecule has 3 nitrogen and oxygen atoms in total. The molecule has 0 aliphatic rings. The standard InChI is InChI=1S/C12H9BrCl2FN3/c1-5-6(2)12(19-18-11(5)15)17-10-8(13)3-7(16)4-9(10)14/h3-4H,1-2H3,(H,17,19). The molecule has 1 heterocycles. The predicted molar refractivity (Wildman–Crippen MR) is 78.9 cm³/mol. The van der Waals surface area contributed by atoms with Gasteiger partial charge >= 0.3 is 0 Å². The molecule has 1 aromatic heterocycles. The summed E-state index contributed by atoms with van der Waals surface area (Å²) >= 11 is 15.1. The quantitative estimate of drug-likeness (QED) is 0.810. The number of nitrogens with one attached hydrogen (secondary N) is 1. The highest BCUT2D eigenvalue weighted by Gasteiger charge is 2.13. The molecule has 0 saturated heterocycles. The first-order valence-electron chi connectivity index (χ1n) is 5.31. The van der Waals surface area contributed by atoms with Crippen molar-refractivity contribution in [3.63, 3.8) is 0 Å². The van der Waals surface area contributed by atoms with Gasteiger partial charge in [-0.1, -0.05) is 23.2 Å². The van der Waals surface area contributed by atoms with Gasteiger partial charge in [0.15, 0.2) is 11.0 Å². The highest BCUT2D eigenvalue weighted by atomic mass is 79.9. The van der Waals surface area contributed by atoms with Crippen LogP contribution in [0.25, 0.3) is 0 Å². The first-order chi connectivity index (χ1) is 8.90. The average Bonchev–Trinajstić information content (AvgIpc) is 2.33. The number of halogens is 4. The average molecular weight is 365 g/mol. The van der Waals surface area contributed by atoms with E-state index in [1.165, 1.54) is 12.1 Å². The Labute approximate surface area is 128 Å². The lowest BCUT2D eigenvalue weighted by atomic mass is 10.2. The van der Waals surface area contributed by atoms with Crippen molar-refractivity contribution in [1.82, 2.24) is 10.2 Å². The number of anilines is 2. The lowest BCUT2D eigenvalue weighted by molar-refractivity contribution is 0.627. The second kappa shape index (κ2) is 5.61. The predicted octanol–water partition coefficient (Wildman–Crippen LogP) is 5.05. The monoisotopic (exact) mass is 363 g/mol. The number of rotatable bonds is 2. The van der Waals surface area contributed by atoms with Crippen molar-refractivity contribution in [2.75, 3.05) is 5.32 Å². The minimum Gasteiger partial charge on any atom is -0.336 e. The van der Waals surface area contributed by atoms with Crippen LogP contribution in [0, 0.1) is 19.7 Å². The zero-order chi connectivity index (χ0) is 14.2. The third-order valence-corrected chi connectivity index (χ3v) is 4.00. The Morgan fingerprint density at radius 1 is 1.16 bits per heavy atom. The molecule has 0 radical (unpaired) electrons. The molecule has 0 aliphatic heterocycles. The Morgan fingerprint density at radius 2 is 1.84 bits per heavy atom. The van der Waals surface area contributed by atoms with Gasteiger partial charge in [-0.3, -0.25) is 0 Å². The molecule has 0 aliphatic carbocycles. The van der Waals surface area contributed by atoms with E-state index >= 15 is 0 Å². The zero-order valence-electron chi connectivity index (χ0n) is 10.1. The summed E-state index contributed by atoms with van der Waals surface area (Å²) in [6.07, 6.45) is 0. The molecular weight excluding hydrogens is 356 g/mol. The Morgan fingerprint density at radius 3 is 2.47 bits per heavy atom. The van der Waals surface area contributed by atoms with Crippen LogP contribution < -0.4 is 5.32 Å².